The highest BCUT2D eigenvalue weighted by Crippen LogP contribution is 2.24. The zero-order chi connectivity index (χ0) is 14.2. The Morgan fingerprint density at radius 2 is 2.05 bits per heavy atom. The molecule has 1 aliphatic rings. The Morgan fingerprint density at radius 1 is 1.20 bits per heavy atom. The number of rotatable bonds is 2. The van der Waals surface area contributed by atoms with Crippen molar-refractivity contribution < 1.29 is 13.2 Å². The van der Waals surface area contributed by atoms with E-state index in [1.165, 1.54) is 4.31 Å². The van der Waals surface area contributed by atoms with Crippen LogP contribution in [0.1, 0.15) is 0 Å². The molecule has 1 aromatic heterocycles. The summed E-state index contributed by atoms with van der Waals surface area (Å²) in [6.07, 6.45) is 1.62. The molecule has 1 N–H and O–H groups in total. The molecule has 1 aliphatic heterocycles. The number of fused-ring (bicyclic) bond motifs is 1. The Kier molecular flexibility index (Phi) is 3.15. The fourth-order valence-electron chi connectivity index (χ4n) is 2.26. The van der Waals surface area contributed by atoms with Crippen molar-refractivity contribution in [1.29, 1.82) is 0 Å². The number of carbonyl (C=O) groups excluding carboxylic acids is 1. The molecule has 1 saturated heterocycles. The van der Waals surface area contributed by atoms with Crippen LogP contribution in [0.25, 0.3) is 10.9 Å². The van der Waals surface area contributed by atoms with Crippen molar-refractivity contribution in [2.45, 2.75) is 4.90 Å². The minimum atomic E-state index is -3.69. The summed E-state index contributed by atoms with van der Waals surface area (Å²) in [6.45, 7) is 0.477. The lowest BCUT2D eigenvalue weighted by Gasteiger charge is -2.26. The molecule has 7 heteroatoms. The molecule has 0 bridgehead atoms. The van der Waals surface area contributed by atoms with Gasteiger partial charge >= 0.3 is 0 Å². The second-order valence-corrected chi connectivity index (χ2v) is 6.42. The van der Waals surface area contributed by atoms with Gasteiger partial charge in [-0.1, -0.05) is 6.07 Å². The molecule has 6 nitrogen and oxygen atoms in total. The van der Waals surface area contributed by atoms with Crippen LogP contribution in [-0.2, 0) is 14.8 Å². The van der Waals surface area contributed by atoms with Crippen LogP contribution >= 0.6 is 0 Å². The summed E-state index contributed by atoms with van der Waals surface area (Å²) in [5.41, 5.74) is 0.620. The van der Waals surface area contributed by atoms with E-state index in [4.69, 9.17) is 0 Å². The van der Waals surface area contributed by atoms with Crippen LogP contribution in [-0.4, -0.2) is 43.2 Å². The first-order valence-electron chi connectivity index (χ1n) is 6.19. The van der Waals surface area contributed by atoms with Crippen molar-refractivity contribution >= 4 is 26.8 Å². The first-order chi connectivity index (χ1) is 9.59. The van der Waals surface area contributed by atoms with Crippen molar-refractivity contribution in [2.75, 3.05) is 19.6 Å². The molecular formula is C13H13N3O3S. The van der Waals surface area contributed by atoms with Gasteiger partial charge in [0.15, 0.2) is 0 Å². The second-order valence-electron chi connectivity index (χ2n) is 4.51. The van der Waals surface area contributed by atoms with Gasteiger partial charge in [-0.3, -0.25) is 9.78 Å². The number of aromatic nitrogens is 1. The van der Waals surface area contributed by atoms with Crippen LogP contribution in [0.5, 0.6) is 0 Å². The predicted octanol–water partition coefficient (Wildman–Crippen LogP) is 0.355. The molecule has 0 radical (unpaired) electrons. The van der Waals surface area contributed by atoms with E-state index in [2.05, 4.69) is 10.3 Å². The minimum absolute atomic E-state index is 0.140. The Bertz CT molecular complexity index is 768. The summed E-state index contributed by atoms with van der Waals surface area (Å²) < 4.78 is 26.5. The average molecular weight is 291 g/mol. The fraction of sp³-hybridized carbons (Fsp3) is 0.231. The van der Waals surface area contributed by atoms with Gasteiger partial charge in [0.25, 0.3) is 0 Å². The predicted molar refractivity (Wildman–Crippen MR) is 73.5 cm³/mol. The molecule has 1 amide bonds. The minimum Gasteiger partial charge on any atom is -0.354 e. The molecule has 20 heavy (non-hydrogen) atoms. The summed E-state index contributed by atoms with van der Waals surface area (Å²) in [4.78, 5) is 15.7. The molecule has 1 fully saturated rings. The van der Waals surface area contributed by atoms with Gasteiger partial charge in [-0.15, -0.1) is 0 Å². The number of nitrogens with zero attached hydrogens (tertiary/aromatic N) is 2. The number of hydrogen-bond donors (Lipinski definition) is 1. The number of benzene rings is 1. The molecule has 1 aromatic carbocycles. The highest BCUT2D eigenvalue weighted by molar-refractivity contribution is 7.89. The topological polar surface area (TPSA) is 79.4 Å². The highest BCUT2D eigenvalue weighted by Gasteiger charge is 2.30. The number of nitrogens with one attached hydrogen (secondary N) is 1. The summed E-state index contributed by atoms with van der Waals surface area (Å²) in [7, 11) is -3.69. The average Bonchev–Trinajstić information content (AvgIpc) is 2.46. The SMILES string of the molecule is O=C1CN(S(=O)(=O)c2cccc3ncccc23)CCN1. The summed E-state index contributed by atoms with van der Waals surface area (Å²) in [5, 5.41) is 3.19. The maximum Gasteiger partial charge on any atom is 0.244 e. The Hall–Kier alpha value is -1.99. The van der Waals surface area contributed by atoms with Crippen LogP contribution in [0.15, 0.2) is 41.4 Å². The van der Waals surface area contributed by atoms with Crippen molar-refractivity contribution in [3.05, 3.63) is 36.5 Å². The standard InChI is InChI=1S/C13H13N3O3S/c17-13-9-16(8-7-15-13)20(18,19)12-5-1-4-11-10(12)3-2-6-14-11/h1-6H,7-9H2,(H,15,17). The smallest absolute Gasteiger partial charge is 0.244 e. The number of carbonyl (C=O) groups is 1. The van der Waals surface area contributed by atoms with E-state index in [1.807, 2.05) is 0 Å². The number of amides is 1. The third-order valence-electron chi connectivity index (χ3n) is 3.23. The van der Waals surface area contributed by atoms with E-state index in [1.54, 1.807) is 36.5 Å². The third-order valence-corrected chi connectivity index (χ3v) is 5.13. The van der Waals surface area contributed by atoms with Gasteiger partial charge in [0.1, 0.15) is 0 Å². The van der Waals surface area contributed by atoms with Crippen molar-refractivity contribution in [3.63, 3.8) is 0 Å². The van der Waals surface area contributed by atoms with E-state index >= 15 is 0 Å². The number of hydrogen-bond acceptors (Lipinski definition) is 4. The summed E-state index contributed by atoms with van der Waals surface area (Å²) in [5.74, 6) is -0.279. The quantitative estimate of drug-likeness (QED) is 0.866. The molecule has 0 saturated carbocycles. The zero-order valence-corrected chi connectivity index (χ0v) is 11.4. The van der Waals surface area contributed by atoms with Crippen LogP contribution in [0.4, 0.5) is 0 Å². The normalized spacial score (nSPS) is 17.1. The van der Waals surface area contributed by atoms with Crippen molar-refractivity contribution in [3.8, 4) is 0 Å². The van der Waals surface area contributed by atoms with E-state index in [-0.39, 0.29) is 23.9 Å². The van der Waals surface area contributed by atoms with E-state index in [0.29, 0.717) is 17.4 Å². The van der Waals surface area contributed by atoms with Crippen LogP contribution in [0.2, 0.25) is 0 Å². The number of piperazine rings is 1. The lowest BCUT2D eigenvalue weighted by atomic mass is 10.2. The molecule has 0 aliphatic carbocycles. The third kappa shape index (κ3) is 2.14. The maximum absolute atomic E-state index is 12.7. The number of sulfonamides is 1. The molecule has 2 heterocycles. The summed E-state index contributed by atoms with van der Waals surface area (Å²) in [6, 6.07) is 8.39. The second kappa shape index (κ2) is 4.84. The van der Waals surface area contributed by atoms with Crippen LogP contribution < -0.4 is 5.32 Å². The first-order valence-corrected chi connectivity index (χ1v) is 7.63. The van der Waals surface area contributed by atoms with Gasteiger partial charge in [-0.25, -0.2) is 8.42 Å². The number of pyridine rings is 1. The molecule has 0 unspecified atom stereocenters. The van der Waals surface area contributed by atoms with Crippen molar-refractivity contribution in [1.82, 2.24) is 14.6 Å². The zero-order valence-electron chi connectivity index (χ0n) is 10.6. The first kappa shape index (κ1) is 13.0. The maximum atomic E-state index is 12.7. The Labute approximate surface area is 116 Å². The Morgan fingerprint density at radius 3 is 2.85 bits per heavy atom. The monoisotopic (exact) mass is 291 g/mol. The van der Waals surface area contributed by atoms with Crippen LogP contribution in [0.3, 0.4) is 0 Å². The molecule has 104 valence electrons. The van der Waals surface area contributed by atoms with Gasteiger partial charge in [-0.05, 0) is 24.3 Å². The van der Waals surface area contributed by atoms with Gasteiger partial charge in [0.2, 0.25) is 15.9 Å². The van der Waals surface area contributed by atoms with Gasteiger partial charge in [0, 0.05) is 24.7 Å². The lowest BCUT2D eigenvalue weighted by molar-refractivity contribution is -0.122. The van der Waals surface area contributed by atoms with Gasteiger partial charge < -0.3 is 5.32 Å². The van der Waals surface area contributed by atoms with E-state index in [9.17, 15) is 13.2 Å². The molecule has 2 aromatic rings. The van der Waals surface area contributed by atoms with Crippen LogP contribution in [0, 0.1) is 0 Å². The molecule has 3 rings (SSSR count). The van der Waals surface area contributed by atoms with E-state index in [0.717, 1.165) is 0 Å². The molecule has 0 spiro atoms. The summed E-state index contributed by atoms with van der Waals surface area (Å²) >= 11 is 0. The molecular weight excluding hydrogens is 278 g/mol. The Balaban J connectivity index is 2.12. The lowest BCUT2D eigenvalue weighted by Crippen LogP contribution is -2.49. The largest absolute Gasteiger partial charge is 0.354 e. The van der Waals surface area contributed by atoms with Crippen molar-refractivity contribution in [2.24, 2.45) is 0 Å². The fourth-order valence-corrected chi connectivity index (χ4v) is 3.86. The van der Waals surface area contributed by atoms with Gasteiger partial charge in [0.05, 0.1) is 17.0 Å². The molecule has 0 atom stereocenters. The van der Waals surface area contributed by atoms with Gasteiger partial charge in [-0.2, -0.15) is 4.31 Å². The van der Waals surface area contributed by atoms with E-state index < -0.39 is 10.0 Å². The highest BCUT2D eigenvalue weighted by atomic mass is 32.2.